The van der Waals surface area contributed by atoms with Gasteiger partial charge in [0.05, 0.1) is 6.54 Å². The number of likely N-dealkylation sites (tertiary alicyclic amines) is 1. The summed E-state index contributed by atoms with van der Waals surface area (Å²) >= 11 is 0. The number of nitrogens with zero attached hydrogens (tertiary/aromatic N) is 1. The molecule has 0 aromatic heterocycles. The van der Waals surface area contributed by atoms with Crippen LogP contribution in [0, 0.1) is 0 Å². The molecule has 3 aromatic rings. The number of benzene rings is 3. The molecule has 188 valence electrons. The van der Waals surface area contributed by atoms with Crippen molar-refractivity contribution in [2.45, 2.75) is 45.3 Å². The SMILES string of the molecule is O=C(CN1CCCCCC1=O)NCCc1ccc(OCc2ccccc2)c(OCc2ccccc2)c1. The number of nitrogens with one attached hydrogen (secondary N) is 1. The first kappa shape index (κ1) is 25.3. The summed E-state index contributed by atoms with van der Waals surface area (Å²) in [5.41, 5.74) is 3.20. The molecular weight excluding hydrogens is 452 g/mol. The van der Waals surface area contributed by atoms with E-state index in [1.807, 2.05) is 78.9 Å². The van der Waals surface area contributed by atoms with Crippen LogP contribution in [-0.4, -0.2) is 36.3 Å². The largest absolute Gasteiger partial charge is 0.485 e. The molecule has 0 spiro atoms. The molecule has 1 aliphatic heterocycles. The van der Waals surface area contributed by atoms with Gasteiger partial charge < -0.3 is 19.7 Å². The van der Waals surface area contributed by atoms with E-state index in [-0.39, 0.29) is 18.4 Å². The molecule has 1 N–H and O–H groups in total. The zero-order valence-corrected chi connectivity index (χ0v) is 20.7. The Bertz CT molecular complexity index is 1120. The van der Waals surface area contributed by atoms with Gasteiger partial charge in [0.25, 0.3) is 0 Å². The van der Waals surface area contributed by atoms with Crippen molar-refractivity contribution >= 4 is 11.8 Å². The topological polar surface area (TPSA) is 67.9 Å². The van der Waals surface area contributed by atoms with Crippen LogP contribution in [0.4, 0.5) is 0 Å². The van der Waals surface area contributed by atoms with Crippen molar-refractivity contribution in [1.29, 1.82) is 0 Å². The molecule has 0 aliphatic carbocycles. The van der Waals surface area contributed by atoms with Crippen molar-refractivity contribution in [1.82, 2.24) is 10.2 Å². The molecule has 0 atom stereocenters. The van der Waals surface area contributed by atoms with Crippen molar-refractivity contribution in [3.8, 4) is 11.5 Å². The number of hydrogen-bond donors (Lipinski definition) is 1. The van der Waals surface area contributed by atoms with Gasteiger partial charge in [-0.3, -0.25) is 9.59 Å². The van der Waals surface area contributed by atoms with Gasteiger partial charge >= 0.3 is 0 Å². The highest BCUT2D eigenvalue weighted by Gasteiger charge is 2.19. The standard InChI is InChI=1S/C30H34N2O4/c33-29(21-32-19-9-3-8-14-30(32)34)31-18-17-24-15-16-27(35-22-25-10-4-1-5-11-25)28(20-24)36-23-26-12-6-2-7-13-26/h1-2,4-7,10-13,15-16,20H,3,8-9,14,17-19,21-23H2,(H,31,33). The van der Waals surface area contributed by atoms with Crippen LogP contribution in [0.25, 0.3) is 0 Å². The molecule has 1 aliphatic rings. The summed E-state index contributed by atoms with van der Waals surface area (Å²) in [4.78, 5) is 26.2. The van der Waals surface area contributed by atoms with Crippen molar-refractivity contribution in [3.05, 3.63) is 95.6 Å². The molecule has 0 unspecified atom stereocenters. The fraction of sp³-hybridized carbons (Fsp3) is 0.333. The lowest BCUT2D eigenvalue weighted by Crippen LogP contribution is -2.41. The Morgan fingerprint density at radius 3 is 2.14 bits per heavy atom. The molecule has 36 heavy (non-hydrogen) atoms. The van der Waals surface area contributed by atoms with Crippen LogP contribution in [-0.2, 0) is 29.2 Å². The first-order valence-corrected chi connectivity index (χ1v) is 12.7. The lowest BCUT2D eigenvalue weighted by Gasteiger charge is -2.19. The van der Waals surface area contributed by atoms with E-state index in [0.717, 1.165) is 36.0 Å². The lowest BCUT2D eigenvalue weighted by molar-refractivity contribution is -0.135. The predicted molar refractivity (Wildman–Crippen MR) is 140 cm³/mol. The van der Waals surface area contributed by atoms with E-state index < -0.39 is 0 Å². The highest BCUT2D eigenvalue weighted by Crippen LogP contribution is 2.30. The Hall–Kier alpha value is -3.80. The normalized spacial score (nSPS) is 13.7. The first-order chi connectivity index (χ1) is 17.7. The third-order valence-electron chi connectivity index (χ3n) is 6.22. The Kier molecular flexibility index (Phi) is 9.37. The molecule has 3 aromatic carbocycles. The maximum absolute atomic E-state index is 12.4. The van der Waals surface area contributed by atoms with E-state index >= 15 is 0 Å². The van der Waals surface area contributed by atoms with Crippen LogP contribution < -0.4 is 14.8 Å². The Morgan fingerprint density at radius 2 is 1.44 bits per heavy atom. The third kappa shape index (κ3) is 7.87. The van der Waals surface area contributed by atoms with Crippen molar-refractivity contribution < 1.29 is 19.1 Å². The summed E-state index contributed by atoms with van der Waals surface area (Å²) in [6.07, 6.45) is 4.11. The molecule has 1 fully saturated rings. The zero-order valence-electron chi connectivity index (χ0n) is 20.7. The average Bonchev–Trinajstić information content (AvgIpc) is 3.11. The summed E-state index contributed by atoms with van der Waals surface area (Å²) in [6, 6.07) is 25.9. The minimum Gasteiger partial charge on any atom is -0.485 e. The Labute approximate surface area is 213 Å². The third-order valence-corrected chi connectivity index (χ3v) is 6.22. The van der Waals surface area contributed by atoms with Crippen LogP contribution in [0.5, 0.6) is 11.5 Å². The highest BCUT2D eigenvalue weighted by molar-refractivity contribution is 5.84. The highest BCUT2D eigenvalue weighted by atomic mass is 16.5. The number of ether oxygens (including phenoxy) is 2. The van der Waals surface area contributed by atoms with Crippen LogP contribution >= 0.6 is 0 Å². The molecule has 6 nitrogen and oxygen atoms in total. The molecule has 0 bridgehead atoms. The van der Waals surface area contributed by atoms with Crippen molar-refractivity contribution in [2.75, 3.05) is 19.6 Å². The van der Waals surface area contributed by atoms with Gasteiger partial charge in [-0.2, -0.15) is 0 Å². The van der Waals surface area contributed by atoms with E-state index in [0.29, 0.717) is 50.6 Å². The monoisotopic (exact) mass is 486 g/mol. The van der Waals surface area contributed by atoms with Gasteiger partial charge in [-0.1, -0.05) is 73.2 Å². The number of carbonyl (C=O) groups excluding carboxylic acids is 2. The predicted octanol–water partition coefficient (Wildman–Crippen LogP) is 4.91. The minimum atomic E-state index is -0.117. The Morgan fingerprint density at radius 1 is 0.778 bits per heavy atom. The molecule has 4 rings (SSSR count). The molecular formula is C30H34N2O4. The lowest BCUT2D eigenvalue weighted by atomic mass is 10.1. The second-order valence-electron chi connectivity index (χ2n) is 9.06. The van der Waals surface area contributed by atoms with Crippen molar-refractivity contribution in [2.24, 2.45) is 0 Å². The maximum Gasteiger partial charge on any atom is 0.239 e. The average molecular weight is 487 g/mol. The van der Waals surface area contributed by atoms with Gasteiger partial charge in [0.15, 0.2) is 11.5 Å². The smallest absolute Gasteiger partial charge is 0.239 e. The minimum absolute atomic E-state index is 0.0777. The summed E-state index contributed by atoms with van der Waals surface area (Å²) in [6.45, 7) is 2.18. The van der Waals surface area contributed by atoms with Gasteiger partial charge in [-0.05, 0) is 48.1 Å². The number of amides is 2. The maximum atomic E-state index is 12.4. The molecule has 0 saturated carbocycles. The van der Waals surface area contributed by atoms with Crippen molar-refractivity contribution in [3.63, 3.8) is 0 Å². The van der Waals surface area contributed by atoms with E-state index in [1.165, 1.54) is 0 Å². The fourth-order valence-corrected chi connectivity index (χ4v) is 4.19. The molecule has 0 radical (unpaired) electrons. The number of rotatable bonds is 11. The van der Waals surface area contributed by atoms with Crippen LogP contribution in [0.3, 0.4) is 0 Å². The quantitative estimate of drug-likeness (QED) is 0.418. The van der Waals surface area contributed by atoms with Gasteiger partial charge in [-0.15, -0.1) is 0 Å². The second kappa shape index (κ2) is 13.3. The van der Waals surface area contributed by atoms with Gasteiger partial charge in [-0.25, -0.2) is 0 Å². The van der Waals surface area contributed by atoms with E-state index in [2.05, 4.69) is 5.32 Å². The fourth-order valence-electron chi connectivity index (χ4n) is 4.19. The van der Waals surface area contributed by atoms with Crippen LogP contribution in [0.2, 0.25) is 0 Å². The van der Waals surface area contributed by atoms with Gasteiger partial charge in [0, 0.05) is 19.5 Å². The molecule has 1 saturated heterocycles. The summed E-state index contributed by atoms with van der Waals surface area (Å²) < 4.78 is 12.2. The molecule has 6 heteroatoms. The summed E-state index contributed by atoms with van der Waals surface area (Å²) in [5.74, 6) is 1.32. The first-order valence-electron chi connectivity index (χ1n) is 12.7. The van der Waals surface area contributed by atoms with E-state index in [1.54, 1.807) is 4.90 Å². The summed E-state index contributed by atoms with van der Waals surface area (Å²) in [7, 11) is 0. The molecule has 1 heterocycles. The van der Waals surface area contributed by atoms with E-state index in [9.17, 15) is 9.59 Å². The second-order valence-corrected chi connectivity index (χ2v) is 9.06. The van der Waals surface area contributed by atoms with Gasteiger partial charge in [0.1, 0.15) is 13.2 Å². The Balaban J connectivity index is 1.35. The zero-order chi connectivity index (χ0) is 25.0. The van der Waals surface area contributed by atoms with Gasteiger partial charge in [0.2, 0.25) is 11.8 Å². The van der Waals surface area contributed by atoms with E-state index in [4.69, 9.17) is 9.47 Å². The summed E-state index contributed by atoms with van der Waals surface area (Å²) in [5, 5.41) is 2.95. The number of carbonyl (C=O) groups is 2. The van der Waals surface area contributed by atoms with Crippen LogP contribution in [0.1, 0.15) is 42.4 Å². The number of hydrogen-bond acceptors (Lipinski definition) is 4. The van der Waals surface area contributed by atoms with Crippen LogP contribution in [0.15, 0.2) is 78.9 Å². The molecule has 2 amide bonds.